The number of rotatable bonds is 13. The molecule has 0 fully saturated rings. The minimum absolute atomic E-state index is 0.0830. The standard InChI is InChI=1S/C15H24N2O6/c1-2-21-9-10-23-12-11-22-8-6-16-13(18)5-7-17-14(19)3-4-15(17)20/h3-4H,2,5-12H2,1H3,(H,16,18). The summed E-state index contributed by atoms with van der Waals surface area (Å²) in [5.74, 6) is -0.986. The third-order valence-corrected chi connectivity index (χ3v) is 2.98. The second kappa shape index (κ2) is 11.8. The molecule has 0 aromatic rings. The smallest absolute Gasteiger partial charge is 0.253 e. The second-order valence-electron chi connectivity index (χ2n) is 4.68. The maximum absolute atomic E-state index is 11.6. The summed E-state index contributed by atoms with van der Waals surface area (Å²) in [6.07, 6.45) is 2.48. The molecule has 8 heteroatoms. The van der Waals surface area contributed by atoms with Crippen molar-refractivity contribution in [2.45, 2.75) is 13.3 Å². The quantitative estimate of drug-likeness (QED) is 0.361. The van der Waals surface area contributed by atoms with Gasteiger partial charge in [-0.1, -0.05) is 0 Å². The van der Waals surface area contributed by atoms with Crippen LogP contribution in [0, 0.1) is 0 Å². The van der Waals surface area contributed by atoms with E-state index in [1.807, 2.05) is 6.92 Å². The zero-order valence-electron chi connectivity index (χ0n) is 13.4. The molecule has 0 aliphatic carbocycles. The molecule has 23 heavy (non-hydrogen) atoms. The molecule has 8 nitrogen and oxygen atoms in total. The van der Waals surface area contributed by atoms with Gasteiger partial charge in [0.1, 0.15) is 0 Å². The summed E-state index contributed by atoms with van der Waals surface area (Å²) in [6.45, 7) is 5.48. The molecule has 1 N–H and O–H groups in total. The average molecular weight is 328 g/mol. The highest BCUT2D eigenvalue weighted by molar-refractivity contribution is 6.13. The highest BCUT2D eigenvalue weighted by Crippen LogP contribution is 2.03. The first kappa shape index (κ1) is 19.3. The Labute approximate surface area is 135 Å². The molecule has 0 spiro atoms. The van der Waals surface area contributed by atoms with Crippen molar-refractivity contribution < 1.29 is 28.6 Å². The highest BCUT2D eigenvalue weighted by Gasteiger charge is 2.23. The molecule has 1 rings (SSSR count). The van der Waals surface area contributed by atoms with Crippen LogP contribution in [0.4, 0.5) is 0 Å². The maximum atomic E-state index is 11.6. The van der Waals surface area contributed by atoms with Crippen LogP contribution in [-0.4, -0.2) is 75.4 Å². The minimum atomic E-state index is -0.379. The van der Waals surface area contributed by atoms with Gasteiger partial charge in [0.15, 0.2) is 0 Å². The van der Waals surface area contributed by atoms with Crippen LogP contribution in [0.1, 0.15) is 13.3 Å². The molecule has 1 aliphatic rings. The van der Waals surface area contributed by atoms with Crippen molar-refractivity contribution in [2.75, 3.05) is 52.7 Å². The van der Waals surface area contributed by atoms with Gasteiger partial charge in [0.2, 0.25) is 5.91 Å². The summed E-state index contributed by atoms with van der Waals surface area (Å²) < 4.78 is 15.7. The predicted octanol–water partition coefficient (Wildman–Crippen LogP) is -0.513. The van der Waals surface area contributed by atoms with E-state index in [0.29, 0.717) is 46.2 Å². The largest absolute Gasteiger partial charge is 0.379 e. The van der Waals surface area contributed by atoms with Crippen molar-refractivity contribution in [3.8, 4) is 0 Å². The van der Waals surface area contributed by atoms with Crippen molar-refractivity contribution in [3.05, 3.63) is 12.2 Å². The molecule has 0 saturated carbocycles. The first-order valence-corrected chi connectivity index (χ1v) is 7.68. The van der Waals surface area contributed by atoms with Gasteiger partial charge in [-0.2, -0.15) is 0 Å². The zero-order chi connectivity index (χ0) is 16.9. The van der Waals surface area contributed by atoms with Gasteiger partial charge in [0.05, 0.1) is 33.0 Å². The lowest BCUT2D eigenvalue weighted by molar-refractivity contribution is -0.137. The van der Waals surface area contributed by atoms with E-state index >= 15 is 0 Å². The molecule has 1 aliphatic heterocycles. The monoisotopic (exact) mass is 328 g/mol. The lowest BCUT2D eigenvalue weighted by Crippen LogP contribution is -2.35. The number of carbonyl (C=O) groups excluding carboxylic acids is 3. The number of ether oxygens (including phenoxy) is 3. The number of nitrogens with one attached hydrogen (secondary N) is 1. The van der Waals surface area contributed by atoms with Crippen LogP contribution in [0.25, 0.3) is 0 Å². The van der Waals surface area contributed by atoms with Crippen LogP contribution in [0.5, 0.6) is 0 Å². The summed E-state index contributed by atoms with van der Waals surface area (Å²) >= 11 is 0. The summed E-state index contributed by atoms with van der Waals surface area (Å²) in [5.41, 5.74) is 0. The second-order valence-corrected chi connectivity index (χ2v) is 4.68. The summed E-state index contributed by atoms with van der Waals surface area (Å²) in [7, 11) is 0. The van der Waals surface area contributed by atoms with Crippen molar-refractivity contribution in [3.63, 3.8) is 0 Å². The van der Waals surface area contributed by atoms with Gasteiger partial charge in [0.25, 0.3) is 11.8 Å². The Morgan fingerprint density at radius 1 is 1.00 bits per heavy atom. The Balaban J connectivity index is 1.90. The third kappa shape index (κ3) is 8.44. The molecular weight excluding hydrogens is 304 g/mol. The SMILES string of the molecule is CCOCCOCCOCCNC(=O)CCN1C(=O)C=CC1=O. The Kier molecular flexibility index (Phi) is 9.85. The molecule has 0 saturated heterocycles. The van der Waals surface area contributed by atoms with Gasteiger partial charge in [-0.3, -0.25) is 19.3 Å². The Morgan fingerprint density at radius 3 is 2.17 bits per heavy atom. The maximum Gasteiger partial charge on any atom is 0.253 e. The van der Waals surface area contributed by atoms with Crippen molar-refractivity contribution in [1.29, 1.82) is 0 Å². The number of hydrogen-bond acceptors (Lipinski definition) is 6. The normalized spacial score (nSPS) is 13.9. The van der Waals surface area contributed by atoms with Crippen LogP contribution >= 0.6 is 0 Å². The van der Waals surface area contributed by atoms with E-state index in [1.165, 1.54) is 12.2 Å². The fourth-order valence-electron chi connectivity index (χ4n) is 1.80. The number of amides is 3. The van der Waals surface area contributed by atoms with E-state index in [9.17, 15) is 14.4 Å². The van der Waals surface area contributed by atoms with Crippen molar-refractivity contribution in [2.24, 2.45) is 0 Å². The number of hydrogen-bond donors (Lipinski definition) is 1. The zero-order valence-corrected chi connectivity index (χ0v) is 13.4. The van der Waals surface area contributed by atoms with Crippen LogP contribution in [0.3, 0.4) is 0 Å². The summed E-state index contributed by atoms with van der Waals surface area (Å²) in [6, 6.07) is 0. The van der Waals surface area contributed by atoms with E-state index in [4.69, 9.17) is 14.2 Å². The van der Waals surface area contributed by atoms with Gasteiger partial charge in [0, 0.05) is 38.3 Å². The lowest BCUT2D eigenvalue weighted by Gasteiger charge is -2.13. The Morgan fingerprint density at radius 2 is 1.57 bits per heavy atom. The highest BCUT2D eigenvalue weighted by atomic mass is 16.5. The van der Waals surface area contributed by atoms with Crippen LogP contribution in [0.15, 0.2) is 12.2 Å². The average Bonchev–Trinajstić information content (AvgIpc) is 2.86. The van der Waals surface area contributed by atoms with Crippen molar-refractivity contribution >= 4 is 17.7 Å². The van der Waals surface area contributed by atoms with Gasteiger partial charge >= 0.3 is 0 Å². The van der Waals surface area contributed by atoms with Crippen LogP contribution < -0.4 is 5.32 Å². The van der Waals surface area contributed by atoms with E-state index < -0.39 is 0 Å². The topological polar surface area (TPSA) is 94.2 Å². The van der Waals surface area contributed by atoms with Crippen LogP contribution in [-0.2, 0) is 28.6 Å². The number of nitrogens with zero attached hydrogens (tertiary/aromatic N) is 1. The fraction of sp³-hybridized carbons (Fsp3) is 0.667. The first-order chi connectivity index (χ1) is 11.1. The van der Waals surface area contributed by atoms with Gasteiger partial charge in [-0.15, -0.1) is 0 Å². The van der Waals surface area contributed by atoms with Crippen LogP contribution in [0.2, 0.25) is 0 Å². The third-order valence-electron chi connectivity index (χ3n) is 2.98. The summed E-state index contributed by atoms with van der Waals surface area (Å²) in [5, 5.41) is 2.66. The molecule has 3 amide bonds. The molecule has 130 valence electrons. The van der Waals surface area contributed by atoms with E-state index in [0.717, 1.165) is 4.90 Å². The molecule has 0 unspecified atom stereocenters. The minimum Gasteiger partial charge on any atom is -0.379 e. The number of imide groups is 1. The molecule has 0 bridgehead atoms. The molecule has 0 aromatic carbocycles. The summed E-state index contributed by atoms with van der Waals surface area (Å²) in [4.78, 5) is 35.2. The van der Waals surface area contributed by atoms with Gasteiger partial charge in [-0.25, -0.2) is 0 Å². The molecule has 0 aromatic heterocycles. The Hall–Kier alpha value is -1.77. The van der Waals surface area contributed by atoms with Gasteiger partial charge < -0.3 is 19.5 Å². The lowest BCUT2D eigenvalue weighted by atomic mass is 10.3. The number of carbonyl (C=O) groups is 3. The van der Waals surface area contributed by atoms with Crippen molar-refractivity contribution in [1.82, 2.24) is 10.2 Å². The van der Waals surface area contributed by atoms with Gasteiger partial charge in [-0.05, 0) is 6.92 Å². The Bertz CT molecular complexity index is 406. The molecule has 0 radical (unpaired) electrons. The fourth-order valence-corrected chi connectivity index (χ4v) is 1.80. The molecule has 0 atom stereocenters. The predicted molar refractivity (Wildman–Crippen MR) is 81.6 cm³/mol. The van der Waals surface area contributed by atoms with E-state index in [1.54, 1.807) is 0 Å². The van der Waals surface area contributed by atoms with E-state index in [-0.39, 0.29) is 30.7 Å². The molecule has 1 heterocycles. The molecular formula is C15H24N2O6. The first-order valence-electron chi connectivity index (χ1n) is 7.68. The van der Waals surface area contributed by atoms with E-state index in [2.05, 4.69) is 5.32 Å².